The van der Waals surface area contributed by atoms with Gasteiger partial charge in [0.1, 0.15) is 4.88 Å². The molecule has 0 radical (unpaired) electrons. The molecule has 0 saturated carbocycles. The van der Waals surface area contributed by atoms with Crippen molar-refractivity contribution in [3.05, 3.63) is 39.8 Å². The fraction of sp³-hybridized carbons (Fsp3) is 0.389. The molecule has 0 saturated heterocycles. The monoisotopic (exact) mass is 343 g/mol. The van der Waals surface area contributed by atoms with E-state index in [0.29, 0.717) is 11.3 Å². The van der Waals surface area contributed by atoms with Crippen molar-refractivity contribution >= 4 is 34.5 Å². The van der Waals surface area contributed by atoms with Gasteiger partial charge in [0.2, 0.25) is 5.91 Å². The van der Waals surface area contributed by atoms with E-state index in [1.54, 1.807) is 5.51 Å². The third kappa shape index (κ3) is 3.48. The number of hydrogen-bond acceptors (Lipinski definition) is 4. The molecule has 5 nitrogen and oxygen atoms in total. The molecule has 0 bridgehead atoms. The predicted molar refractivity (Wildman–Crippen MR) is 96.8 cm³/mol. The minimum Gasteiger partial charge on any atom is -0.326 e. The number of anilines is 2. The second-order valence-electron chi connectivity index (χ2n) is 7.01. The lowest BCUT2D eigenvalue weighted by atomic mass is 9.91. The lowest BCUT2D eigenvalue weighted by Crippen LogP contribution is -2.19. The molecule has 24 heavy (non-hydrogen) atoms. The van der Waals surface area contributed by atoms with Crippen LogP contribution in [0.25, 0.3) is 0 Å². The number of nitrogens with one attached hydrogen (secondary N) is 2. The number of amides is 2. The highest BCUT2D eigenvalue weighted by Crippen LogP contribution is 2.29. The third-order valence-electron chi connectivity index (χ3n) is 3.97. The lowest BCUT2D eigenvalue weighted by molar-refractivity contribution is -0.116. The Bertz CT molecular complexity index is 790. The smallest absolute Gasteiger partial charge is 0.267 e. The van der Waals surface area contributed by atoms with E-state index in [-0.39, 0.29) is 17.2 Å². The summed E-state index contributed by atoms with van der Waals surface area (Å²) in [6.07, 6.45) is 2.18. The Morgan fingerprint density at radius 2 is 2.08 bits per heavy atom. The maximum Gasteiger partial charge on any atom is 0.267 e. The van der Waals surface area contributed by atoms with Gasteiger partial charge in [0.05, 0.1) is 11.2 Å². The number of benzene rings is 1. The summed E-state index contributed by atoms with van der Waals surface area (Å²) in [5, 5.41) is 5.86. The van der Waals surface area contributed by atoms with Gasteiger partial charge < -0.3 is 10.6 Å². The highest BCUT2D eigenvalue weighted by atomic mass is 32.1. The summed E-state index contributed by atoms with van der Waals surface area (Å²) in [6.45, 7) is 6.14. The quantitative estimate of drug-likeness (QED) is 0.867. The average Bonchev–Trinajstić information content (AvgIpc) is 2.92. The first-order valence-corrected chi connectivity index (χ1v) is 8.90. The number of fused-ring (bicyclic) bond motifs is 1. The fourth-order valence-electron chi connectivity index (χ4n) is 2.78. The van der Waals surface area contributed by atoms with Crippen LogP contribution >= 0.6 is 11.3 Å². The number of hydrogen-bond donors (Lipinski definition) is 2. The lowest BCUT2D eigenvalue weighted by Gasteiger charge is -2.17. The molecule has 3 rings (SSSR count). The molecule has 0 spiro atoms. The van der Waals surface area contributed by atoms with E-state index in [2.05, 4.69) is 15.6 Å². The van der Waals surface area contributed by atoms with E-state index in [1.807, 2.05) is 39.0 Å². The van der Waals surface area contributed by atoms with Gasteiger partial charge in [-0.3, -0.25) is 9.59 Å². The molecule has 0 aliphatic carbocycles. The highest BCUT2D eigenvalue weighted by Gasteiger charge is 2.25. The van der Waals surface area contributed by atoms with Crippen molar-refractivity contribution in [3.63, 3.8) is 0 Å². The molecule has 2 amide bonds. The third-order valence-corrected chi connectivity index (χ3v) is 4.80. The summed E-state index contributed by atoms with van der Waals surface area (Å²) in [5.41, 5.74) is 4.98. The Balaban J connectivity index is 1.82. The Kier molecular flexibility index (Phi) is 4.41. The molecule has 2 N–H and O–H groups in total. The van der Waals surface area contributed by atoms with E-state index in [0.717, 1.165) is 35.5 Å². The van der Waals surface area contributed by atoms with Crippen LogP contribution in [0.15, 0.2) is 23.7 Å². The van der Waals surface area contributed by atoms with Crippen LogP contribution < -0.4 is 10.6 Å². The molecule has 0 unspecified atom stereocenters. The standard InChI is InChI=1S/C18H21N3O2S/c1-18(2,3)16-15(24-10-19-16)17(23)20-12-7-8-13-11(9-12)5-4-6-14(22)21-13/h7-10H,4-6H2,1-3H3,(H,20,23)(H,21,22). The first kappa shape index (κ1) is 16.6. The number of rotatable bonds is 2. The number of nitrogens with zero attached hydrogens (tertiary/aromatic N) is 1. The van der Waals surface area contributed by atoms with Crippen LogP contribution in [-0.2, 0) is 16.6 Å². The van der Waals surface area contributed by atoms with Crippen LogP contribution in [0.1, 0.15) is 54.5 Å². The molecule has 2 heterocycles. The molecular weight excluding hydrogens is 322 g/mol. The van der Waals surface area contributed by atoms with Gasteiger partial charge in [-0.1, -0.05) is 20.8 Å². The van der Waals surface area contributed by atoms with Crippen molar-refractivity contribution in [2.45, 2.75) is 45.4 Å². The van der Waals surface area contributed by atoms with Gasteiger partial charge in [0.15, 0.2) is 0 Å². The number of carbonyl (C=O) groups excluding carboxylic acids is 2. The predicted octanol–water partition coefficient (Wildman–Crippen LogP) is 3.97. The minimum atomic E-state index is -0.176. The second-order valence-corrected chi connectivity index (χ2v) is 7.86. The van der Waals surface area contributed by atoms with Crippen molar-refractivity contribution in [1.29, 1.82) is 0 Å². The summed E-state index contributed by atoms with van der Waals surface area (Å²) in [7, 11) is 0. The van der Waals surface area contributed by atoms with Crippen LogP contribution in [-0.4, -0.2) is 16.8 Å². The summed E-state index contributed by atoms with van der Waals surface area (Å²) in [4.78, 5) is 29.2. The Labute approximate surface area is 145 Å². The van der Waals surface area contributed by atoms with E-state index in [4.69, 9.17) is 0 Å². The Morgan fingerprint density at radius 3 is 2.83 bits per heavy atom. The largest absolute Gasteiger partial charge is 0.326 e. The Hall–Kier alpha value is -2.21. The SMILES string of the molecule is CC(C)(C)c1ncsc1C(=O)Nc1ccc2c(c1)CCCC(=O)N2. The van der Waals surface area contributed by atoms with Crippen LogP contribution in [0.4, 0.5) is 11.4 Å². The van der Waals surface area contributed by atoms with E-state index in [1.165, 1.54) is 11.3 Å². The highest BCUT2D eigenvalue weighted by molar-refractivity contribution is 7.12. The van der Waals surface area contributed by atoms with Gasteiger partial charge in [0.25, 0.3) is 5.91 Å². The second kappa shape index (κ2) is 6.36. The summed E-state index contributed by atoms with van der Waals surface area (Å²) >= 11 is 1.36. The molecule has 1 aliphatic heterocycles. The maximum absolute atomic E-state index is 12.6. The maximum atomic E-state index is 12.6. The molecule has 0 fully saturated rings. The molecule has 2 aromatic rings. The molecule has 6 heteroatoms. The first-order chi connectivity index (χ1) is 11.3. The van der Waals surface area contributed by atoms with E-state index in [9.17, 15) is 9.59 Å². The molecule has 126 valence electrons. The van der Waals surface area contributed by atoms with Gasteiger partial charge in [0, 0.05) is 23.2 Å². The van der Waals surface area contributed by atoms with Crippen molar-refractivity contribution in [2.75, 3.05) is 10.6 Å². The van der Waals surface area contributed by atoms with Gasteiger partial charge in [-0.25, -0.2) is 4.98 Å². The number of aryl methyl sites for hydroxylation is 1. The number of carbonyl (C=O) groups is 2. The van der Waals surface area contributed by atoms with Crippen LogP contribution in [0.3, 0.4) is 0 Å². The van der Waals surface area contributed by atoms with E-state index < -0.39 is 0 Å². The molecule has 1 aromatic heterocycles. The van der Waals surface area contributed by atoms with Gasteiger partial charge in [-0.2, -0.15) is 0 Å². The van der Waals surface area contributed by atoms with Crippen molar-refractivity contribution in [1.82, 2.24) is 4.98 Å². The van der Waals surface area contributed by atoms with Crippen LogP contribution in [0.5, 0.6) is 0 Å². The van der Waals surface area contributed by atoms with Crippen LogP contribution in [0, 0.1) is 0 Å². The number of thiazole rings is 1. The van der Waals surface area contributed by atoms with Crippen molar-refractivity contribution < 1.29 is 9.59 Å². The fourth-order valence-corrected chi connectivity index (χ4v) is 3.67. The zero-order valence-electron chi connectivity index (χ0n) is 14.1. The normalized spacial score (nSPS) is 14.5. The number of aromatic nitrogens is 1. The van der Waals surface area contributed by atoms with Crippen LogP contribution in [0.2, 0.25) is 0 Å². The minimum absolute atomic E-state index is 0.0463. The van der Waals surface area contributed by atoms with Gasteiger partial charge >= 0.3 is 0 Å². The first-order valence-electron chi connectivity index (χ1n) is 8.03. The summed E-state index contributed by atoms with van der Waals surface area (Å²) in [6, 6.07) is 5.61. The van der Waals surface area contributed by atoms with E-state index >= 15 is 0 Å². The molecule has 1 aliphatic rings. The summed E-state index contributed by atoms with van der Waals surface area (Å²) < 4.78 is 0. The zero-order chi connectivity index (χ0) is 17.3. The molecule has 1 aromatic carbocycles. The van der Waals surface area contributed by atoms with Gasteiger partial charge in [-0.15, -0.1) is 11.3 Å². The molecule has 0 atom stereocenters. The average molecular weight is 343 g/mol. The van der Waals surface area contributed by atoms with Crippen molar-refractivity contribution in [2.24, 2.45) is 0 Å². The van der Waals surface area contributed by atoms with Crippen molar-refractivity contribution in [3.8, 4) is 0 Å². The van der Waals surface area contributed by atoms with Gasteiger partial charge in [-0.05, 0) is 36.6 Å². The molecular formula is C18H21N3O2S. The topological polar surface area (TPSA) is 71.1 Å². The Morgan fingerprint density at radius 1 is 1.29 bits per heavy atom. The zero-order valence-corrected chi connectivity index (χ0v) is 14.9. The summed E-state index contributed by atoms with van der Waals surface area (Å²) in [5.74, 6) is -0.0925.